The zero-order chi connectivity index (χ0) is 15.2. The molecule has 0 aliphatic rings. The summed E-state index contributed by atoms with van der Waals surface area (Å²) in [5.74, 6) is 0. The second kappa shape index (κ2) is 7.53. The second-order valence-electron chi connectivity index (χ2n) is 3.98. The number of rotatable bonds is 8. The number of benzene rings is 1. The standard InChI is InChI=1S/C11H16ClN3O4S/c1-2-13-6-3-7-14-20(18,19)11-5-4-9(15(16)17)8-10(11)12/h4-5,8,13-14H,2-3,6-7H2,1H3. The van der Waals surface area contributed by atoms with Crippen LogP contribution in [0, 0.1) is 10.1 Å². The van der Waals surface area contributed by atoms with Gasteiger partial charge in [0.1, 0.15) is 4.90 Å². The number of non-ortho nitro benzene ring substituents is 1. The summed E-state index contributed by atoms with van der Waals surface area (Å²) in [6.07, 6.45) is 0.637. The minimum Gasteiger partial charge on any atom is -0.317 e. The van der Waals surface area contributed by atoms with Crippen LogP contribution < -0.4 is 10.0 Å². The Labute approximate surface area is 122 Å². The maximum atomic E-state index is 12.0. The van der Waals surface area contributed by atoms with Gasteiger partial charge in [0, 0.05) is 18.7 Å². The van der Waals surface area contributed by atoms with E-state index in [0.717, 1.165) is 24.7 Å². The number of nitro benzene ring substituents is 1. The first-order valence-electron chi connectivity index (χ1n) is 6.03. The molecular formula is C11H16ClN3O4S. The van der Waals surface area contributed by atoms with Crippen molar-refractivity contribution in [2.45, 2.75) is 18.2 Å². The lowest BCUT2D eigenvalue weighted by molar-refractivity contribution is -0.384. The first kappa shape index (κ1) is 16.8. The molecule has 0 heterocycles. The van der Waals surface area contributed by atoms with Crippen LogP contribution in [0.2, 0.25) is 5.02 Å². The van der Waals surface area contributed by atoms with Crippen molar-refractivity contribution in [1.82, 2.24) is 10.0 Å². The third-order valence-corrected chi connectivity index (χ3v) is 4.43. The molecular weight excluding hydrogens is 306 g/mol. The molecule has 0 spiro atoms. The van der Waals surface area contributed by atoms with Gasteiger partial charge in [-0.05, 0) is 25.6 Å². The number of sulfonamides is 1. The molecule has 1 aromatic carbocycles. The van der Waals surface area contributed by atoms with Crippen LogP contribution in [0.15, 0.2) is 23.1 Å². The topological polar surface area (TPSA) is 101 Å². The molecule has 1 rings (SSSR count). The number of halogens is 1. The highest BCUT2D eigenvalue weighted by Crippen LogP contribution is 2.25. The summed E-state index contributed by atoms with van der Waals surface area (Å²) in [5, 5.41) is 13.5. The van der Waals surface area contributed by atoms with E-state index in [9.17, 15) is 18.5 Å². The summed E-state index contributed by atoms with van der Waals surface area (Å²) >= 11 is 5.78. The minimum absolute atomic E-state index is 0.159. The molecule has 0 aliphatic heterocycles. The van der Waals surface area contributed by atoms with Gasteiger partial charge in [0.15, 0.2) is 0 Å². The van der Waals surface area contributed by atoms with Crippen molar-refractivity contribution in [2.75, 3.05) is 19.6 Å². The third-order valence-electron chi connectivity index (χ3n) is 2.49. The molecule has 0 bridgehead atoms. The van der Waals surface area contributed by atoms with E-state index in [1.54, 1.807) is 0 Å². The maximum Gasteiger partial charge on any atom is 0.271 e. The normalized spacial score (nSPS) is 11.5. The average molecular weight is 322 g/mol. The molecule has 0 saturated carbocycles. The van der Waals surface area contributed by atoms with Gasteiger partial charge in [0.2, 0.25) is 10.0 Å². The molecule has 0 saturated heterocycles. The quantitative estimate of drug-likeness (QED) is 0.429. The van der Waals surface area contributed by atoms with E-state index in [4.69, 9.17) is 11.6 Å². The summed E-state index contributed by atoms with van der Waals surface area (Å²) < 4.78 is 26.4. The largest absolute Gasteiger partial charge is 0.317 e. The van der Waals surface area contributed by atoms with Crippen LogP contribution in [0.3, 0.4) is 0 Å². The van der Waals surface area contributed by atoms with Crippen LogP contribution in [0.4, 0.5) is 5.69 Å². The lowest BCUT2D eigenvalue weighted by atomic mass is 10.3. The molecule has 1 aromatic rings. The molecule has 0 aromatic heterocycles. The van der Waals surface area contributed by atoms with Gasteiger partial charge in [0.05, 0.1) is 9.95 Å². The van der Waals surface area contributed by atoms with E-state index in [1.807, 2.05) is 6.92 Å². The Morgan fingerprint density at radius 1 is 1.35 bits per heavy atom. The van der Waals surface area contributed by atoms with Gasteiger partial charge in [-0.3, -0.25) is 10.1 Å². The van der Waals surface area contributed by atoms with Crippen LogP contribution in [-0.2, 0) is 10.0 Å². The van der Waals surface area contributed by atoms with E-state index in [0.29, 0.717) is 13.0 Å². The van der Waals surface area contributed by atoms with Crippen LogP contribution >= 0.6 is 11.6 Å². The maximum absolute atomic E-state index is 12.0. The predicted molar refractivity (Wildman–Crippen MR) is 76.5 cm³/mol. The van der Waals surface area contributed by atoms with Crippen molar-refractivity contribution >= 4 is 27.3 Å². The zero-order valence-electron chi connectivity index (χ0n) is 10.9. The van der Waals surface area contributed by atoms with Gasteiger partial charge in [0.25, 0.3) is 5.69 Å². The number of nitrogens with zero attached hydrogens (tertiary/aromatic N) is 1. The Morgan fingerprint density at radius 2 is 2.05 bits per heavy atom. The highest BCUT2D eigenvalue weighted by atomic mass is 35.5. The number of hydrogen-bond acceptors (Lipinski definition) is 5. The fourth-order valence-corrected chi connectivity index (χ4v) is 3.11. The molecule has 2 N–H and O–H groups in total. The van der Waals surface area contributed by atoms with Gasteiger partial charge < -0.3 is 5.32 Å². The summed E-state index contributed by atoms with van der Waals surface area (Å²) in [4.78, 5) is 9.77. The Balaban J connectivity index is 2.75. The van der Waals surface area contributed by atoms with E-state index >= 15 is 0 Å². The molecule has 9 heteroatoms. The smallest absolute Gasteiger partial charge is 0.271 e. The summed E-state index contributed by atoms with van der Waals surface area (Å²) in [7, 11) is -3.75. The molecule has 0 fully saturated rings. The molecule has 0 unspecified atom stereocenters. The van der Waals surface area contributed by atoms with Crippen LogP contribution in [-0.4, -0.2) is 33.0 Å². The lowest BCUT2D eigenvalue weighted by Crippen LogP contribution is -2.27. The number of hydrogen-bond donors (Lipinski definition) is 2. The van der Waals surface area contributed by atoms with Gasteiger partial charge in [-0.1, -0.05) is 18.5 Å². The van der Waals surface area contributed by atoms with Crippen LogP contribution in [0.5, 0.6) is 0 Å². The molecule has 0 amide bonds. The van der Waals surface area contributed by atoms with Gasteiger partial charge in [-0.2, -0.15) is 0 Å². The molecule has 7 nitrogen and oxygen atoms in total. The molecule has 0 aliphatic carbocycles. The van der Waals surface area contributed by atoms with Crippen molar-refractivity contribution in [2.24, 2.45) is 0 Å². The fourth-order valence-electron chi connectivity index (χ4n) is 1.50. The van der Waals surface area contributed by atoms with Crippen molar-refractivity contribution in [1.29, 1.82) is 0 Å². The highest BCUT2D eigenvalue weighted by Gasteiger charge is 2.19. The van der Waals surface area contributed by atoms with E-state index in [1.165, 1.54) is 0 Å². The molecule has 0 atom stereocenters. The van der Waals surface area contributed by atoms with Crippen molar-refractivity contribution in [3.05, 3.63) is 33.3 Å². The SMILES string of the molecule is CCNCCCNS(=O)(=O)c1ccc([N+](=O)[O-])cc1Cl. The van der Waals surface area contributed by atoms with Gasteiger partial charge in [-0.15, -0.1) is 0 Å². The Morgan fingerprint density at radius 3 is 2.60 bits per heavy atom. The lowest BCUT2D eigenvalue weighted by Gasteiger charge is -2.08. The summed E-state index contributed by atoms with van der Waals surface area (Å²) in [5.41, 5.74) is -0.249. The number of nitrogens with one attached hydrogen (secondary N) is 2. The minimum atomic E-state index is -3.75. The van der Waals surface area contributed by atoms with Crippen LogP contribution in [0.1, 0.15) is 13.3 Å². The van der Waals surface area contributed by atoms with Gasteiger partial charge in [-0.25, -0.2) is 13.1 Å². The second-order valence-corrected chi connectivity index (χ2v) is 6.12. The van der Waals surface area contributed by atoms with E-state index in [-0.39, 0.29) is 22.2 Å². The molecule has 112 valence electrons. The Kier molecular flexibility index (Phi) is 6.34. The third kappa shape index (κ3) is 4.71. The Bertz CT molecular complexity index is 577. The molecule has 20 heavy (non-hydrogen) atoms. The monoisotopic (exact) mass is 321 g/mol. The first-order chi connectivity index (χ1) is 9.38. The van der Waals surface area contributed by atoms with Crippen molar-refractivity contribution in [3.8, 4) is 0 Å². The van der Waals surface area contributed by atoms with Crippen molar-refractivity contribution < 1.29 is 13.3 Å². The zero-order valence-corrected chi connectivity index (χ0v) is 12.5. The van der Waals surface area contributed by atoms with Gasteiger partial charge >= 0.3 is 0 Å². The Hall–Kier alpha value is -1.22. The predicted octanol–water partition coefficient (Wildman–Crippen LogP) is 1.53. The first-order valence-corrected chi connectivity index (χ1v) is 7.89. The fraction of sp³-hybridized carbons (Fsp3) is 0.455. The highest BCUT2D eigenvalue weighted by molar-refractivity contribution is 7.89. The number of nitro groups is 1. The van der Waals surface area contributed by atoms with Crippen molar-refractivity contribution in [3.63, 3.8) is 0 Å². The van der Waals surface area contributed by atoms with E-state index < -0.39 is 14.9 Å². The summed E-state index contributed by atoms with van der Waals surface area (Å²) in [6.45, 7) is 3.75. The summed E-state index contributed by atoms with van der Waals surface area (Å²) in [6, 6.07) is 3.26. The van der Waals surface area contributed by atoms with E-state index in [2.05, 4.69) is 10.0 Å². The average Bonchev–Trinajstić information content (AvgIpc) is 2.37. The molecule has 0 radical (unpaired) electrons. The van der Waals surface area contributed by atoms with Crippen LogP contribution in [0.25, 0.3) is 0 Å².